The Morgan fingerprint density at radius 2 is 1.96 bits per heavy atom. The first kappa shape index (κ1) is 20.9. The smallest absolute Gasteiger partial charge is 0.390 e. The number of ether oxygens (including phenoxy) is 1. The highest BCUT2D eigenvalue weighted by molar-refractivity contribution is 7.60. The number of aliphatic hydroxyl groups is 1. The van der Waals surface area contributed by atoms with Gasteiger partial charge in [-0.15, -0.1) is 0 Å². The quantitative estimate of drug-likeness (QED) is 0.236. The van der Waals surface area contributed by atoms with Crippen LogP contribution in [0.25, 0.3) is 11.2 Å². The largest absolute Gasteiger partial charge is 0.481 e. The maximum Gasteiger partial charge on any atom is 0.481 e. The number of hydrogen-bond donors (Lipinski definition) is 7. The van der Waals surface area contributed by atoms with E-state index in [0.29, 0.717) is 0 Å². The number of nitrogen functional groups attached to an aromatic ring is 1. The van der Waals surface area contributed by atoms with Gasteiger partial charge in [-0.05, 0) is 0 Å². The van der Waals surface area contributed by atoms with E-state index in [1.165, 1.54) is 0 Å². The molecule has 0 radical (unpaired) electrons. The van der Waals surface area contributed by atoms with E-state index in [0.717, 1.165) is 4.57 Å². The van der Waals surface area contributed by atoms with E-state index in [1.807, 2.05) is 0 Å². The van der Waals surface area contributed by atoms with Gasteiger partial charge in [0.15, 0.2) is 11.2 Å². The lowest BCUT2D eigenvalue weighted by Crippen LogP contribution is -2.26. The number of nitrogens with zero attached hydrogens (tertiary/aromatic N) is 2. The lowest BCUT2D eigenvalue weighted by molar-refractivity contribution is -0.0432. The van der Waals surface area contributed by atoms with E-state index in [4.69, 9.17) is 20.3 Å². The summed E-state index contributed by atoms with van der Waals surface area (Å²) in [6.45, 7) is -0.793. The lowest BCUT2D eigenvalue weighted by atomic mass is 10.2. The number of phosphoric acid groups is 2. The molecule has 1 aliphatic heterocycles. The maximum atomic E-state index is 12.2. The number of aromatic amines is 2. The molecular weight excluding hydrogens is 428 g/mol. The first-order valence-corrected chi connectivity index (χ1v) is 10.5. The Bertz CT molecular complexity index is 1100. The molecule has 8 N–H and O–H groups in total. The van der Waals surface area contributed by atoms with Crippen molar-refractivity contribution >= 4 is 32.8 Å². The minimum atomic E-state index is -5.30. The van der Waals surface area contributed by atoms with Gasteiger partial charge in [-0.3, -0.25) is 19.3 Å². The van der Waals surface area contributed by atoms with Crippen molar-refractivity contribution in [3.8, 4) is 0 Å². The molecule has 156 valence electrons. The van der Waals surface area contributed by atoms with E-state index in [2.05, 4.69) is 23.8 Å². The SMILES string of the molecule is Nc1nc2c([nH]c(=O)n2[C@H]2C[C@H](O)[C@@H](COP(=O)(O)OP(=O)(O)O)O2)c(=O)[nH]1. The molecule has 16 nitrogen and oxygen atoms in total. The minimum absolute atomic E-state index is 0.136. The number of nitrogens with one attached hydrogen (secondary N) is 2. The molecule has 0 aliphatic carbocycles. The first-order chi connectivity index (χ1) is 12.9. The predicted molar refractivity (Wildman–Crippen MR) is 88.8 cm³/mol. The molecule has 0 aromatic carbocycles. The summed E-state index contributed by atoms with van der Waals surface area (Å²) in [5.41, 5.74) is 3.67. The molecule has 3 rings (SSSR count). The number of fused-ring (bicyclic) bond motifs is 1. The van der Waals surface area contributed by atoms with Crippen LogP contribution in [-0.4, -0.2) is 58.1 Å². The second-order valence-electron chi connectivity index (χ2n) is 5.72. The Kier molecular flexibility index (Phi) is 5.35. The van der Waals surface area contributed by atoms with Crippen molar-refractivity contribution in [2.45, 2.75) is 24.9 Å². The standard InChI is InChI=1S/C10H15N5O11P2/c11-9-13-7-6(8(17)14-9)12-10(18)15(7)5-1-3(16)4(25-5)2-24-28(22,23)26-27(19,20)21/h3-5,16H,1-2H2,(H,12,18)(H,22,23)(H2,19,20,21)(H3,11,13,14,17)/t3-,4+,5+/m0/s1. The van der Waals surface area contributed by atoms with Gasteiger partial charge in [-0.1, -0.05) is 0 Å². The van der Waals surface area contributed by atoms with Crippen LogP contribution < -0.4 is 17.0 Å². The van der Waals surface area contributed by atoms with Gasteiger partial charge >= 0.3 is 21.3 Å². The highest BCUT2D eigenvalue weighted by atomic mass is 31.3. The fourth-order valence-electron chi connectivity index (χ4n) is 2.64. The zero-order valence-corrected chi connectivity index (χ0v) is 15.4. The van der Waals surface area contributed by atoms with E-state index in [9.17, 15) is 28.7 Å². The van der Waals surface area contributed by atoms with Crippen LogP contribution in [0, 0.1) is 0 Å². The van der Waals surface area contributed by atoms with Gasteiger partial charge in [-0.25, -0.2) is 18.5 Å². The summed E-state index contributed by atoms with van der Waals surface area (Å²) in [6, 6.07) is 0. The Morgan fingerprint density at radius 1 is 1.29 bits per heavy atom. The third kappa shape index (κ3) is 4.41. The number of nitrogens with two attached hydrogens (primary N) is 1. The average molecular weight is 443 g/mol. The maximum absolute atomic E-state index is 12.2. The number of aliphatic hydroxyl groups excluding tert-OH is 1. The van der Waals surface area contributed by atoms with Crippen LogP contribution in [0.3, 0.4) is 0 Å². The fourth-order valence-corrected chi connectivity index (χ4v) is 4.24. The topological polar surface area (TPSA) is 252 Å². The van der Waals surface area contributed by atoms with Gasteiger partial charge in [0.1, 0.15) is 12.3 Å². The van der Waals surface area contributed by atoms with Crippen molar-refractivity contribution in [3.63, 3.8) is 0 Å². The summed E-state index contributed by atoms with van der Waals surface area (Å²) in [5.74, 6) is -0.264. The van der Waals surface area contributed by atoms with Gasteiger partial charge in [0.05, 0.1) is 12.7 Å². The zero-order valence-electron chi connectivity index (χ0n) is 13.7. The molecule has 3 heterocycles. The molecule has 28 heavy (non-hydrogen) atoms. The predicted octanol–water partition coefficient (Wildman–Crippen LogP) is -2.13. The summed E-state index contributed by atoms with van der Waals surface area (Å²) in [5, 5.41) is 10.1. The normalized spacial score (nSPS) is 25.2. The number of phosphoric ester groups is 1. The van der Waals surface area contributed by atoms with E-state index >= 15 is 0 Å². The summed E-state index contributed by atoms with van der Waals surface area (Å²) < 4.78 is 36.4. The van der Waals surface area contributed by atoms with Gasteiger partial charge < -0.3 is 30.3 Å². The van der Waals surface area contributed by atoms with Crippen LogP contribution in [0.4, 0.5) is 5.95 Å². The van der Waals surface area contributed by atoms with E-state index in [-0.39, 0.29) is 23.5 Å². The summed E-state index contributed by atoms with van der Waals surface area (Å²) in [7, 11) is -10.4. The second-order valence-corrected chi connectivity index (χ2v) is 8.55. The Morgan fingerprint density at radius 3 is 2.61 bits per heavy atom. The van der Waals surface area contributed by atoms with Crippen LogP contribution in [0.1, 0.15) is 12.6 Å². The number of aromatic nitrogens is 4. The van der Waals surface area contributed by atoms with Crippen molar-refractivity contribution in [3.05, 3.63) is 20.8 Å². The molecule has 0 bridgehead atoms. The lowest BCUT2D eigenvalue weighted by Gasteiger charge is -2.17. The van der Waals surface area contributed by atoms with E-state index in [1.54, 1.807) is 0 Å². The van der Waals surface area contributed by atoms with Gasteiger partial charge in [0.2, 0.25) is 5.95 Å². The molecule has 1 aliphatic rings. The van der Waals surface area contributed by atoms with Gasteiger partial charge in [0, 0.05) is 6.42 Å². The highest BCUT2D eigenvalue weighted by Gasteiger charge is 2.40. The Balaban J connectivity index is 1.79. The molecule has 0 amide bonds. The minimum Gasteiger partial charge on any atom is -0.390 e. The Hall–Kier alpha value is -1.87. The van der Waals surface area contributed by atoms with Crippen LogP contribution in [0.15, 0.2) is 9.59 Å². The van der Waals surface area contributed by atoms with Crippen LogP contribution in [-0.2, 0) is 22.7 Å². The summed E-state index contributed by atoms with van der Waals surface area (Å²) in [4.78, 5) is 58.7. The molecule has 0 spiro atoms. The number of H-pyrrole nitrogens is 2. The van der Waals surface area contributed by atoms with Crippen LogP contribution in [0.5, 0.6) is 0 Å². The zero-order chi connectivity index (χ0) is 20.9. The highest BCUT2D eigenvalue weighted by Crippen LogP contribution is 2.57. The molecule has 4 atom stereocenters. The van der Waals surface area contributed by atoms with Gasteiger partial charge in [-0.2, -0.15) is 9.29 Å². The molecule has 2 aromatic rings. The molecule has 1 unspecified atom stereocenters. The molecule has 0 saturated carbocycles. The number of anilines is 1. The van der Waals surface area contributed by atoms with Crippen LogP contribution in [0.2, 0.25) is 0 Å². The van der Waals surface area contributed by atoms with Crippen molar-refractivity contribution in [1.82, 2.24) is 19.5 Å². The van der Waals surface area contributed by atoms with Gasteiger partial charge in [0.25, 0.3) is 5.56 Å². The van der Waals surface area contributed by atoms with Crippen molar-refractivity contribution in [2.24, 2.45) is 0 Å². The molecular formula is C10H15N5O11P2. The first-order valence-electron chi connectivity index (χ1n) is 7.44. The number of imidazole rings is 1. The monoisotopic (exact) mass is 443 g/mol. The third-order valence-electron chi connectivity index (χ3n) is 3.70. The molecule has 1 fully saturated rings. The second kappa shape index (κ2) is 7.18. The van der Waals surface area contributed by atoms with E-state index < -0.39 is 51.9 Å². The molecule has 2 aromatic heterocycles. The summed E-state index contributed by atoms with van der Waals surface area (Å²) in [6.07, 6.45) is -3.89. The molecule has 18 heteroatoms. The summed E-state index contributed by atoms with van der Waals surface area (Å²) >= 11 is 0. The number of rotatable bonds is 6. The van der Waals surface area contributed by atoms with Crippen molar-refractivity contribution in [2.75, 3.05) is 12.3 Å². The van der Waals surface area contributed by atoms with Crippen molar-refractivity contribution < 1.29 is 42.5 Å². The number of hydrogen-bond acceptors (Lipinski definition) is 10. The molecule has 1 saturated heterocycles. The third-order valence-corrected chi connectivity index (χ3v) is 5.85. The average Bonchev–Trinajstić information content (AvgIpc) is 3.02. The Labute approximate surface area is 153 Å². The van der Waals surface area contributed by atoms with Crippen molar-refractivity contribution in [1.29, 1.82) is 0 Å². The van der Waals surface area contributed by atoms with Crippen LogP contribution >= 0.6 is 15.6 Å². The fraction of sp³-hybridized carbons (Fsp3) is 0.500.